The first-order valence-corrected chi connectivity index (χ1v) is 6.85. The molecular formula is C13H17NO2S. The van der Waals surface area contributed by atoms with Crippen molar-refractivity contribution in [2.45, 2.75) is 36.5 Å². The Morgan fingerprint density at radius 2 is 2.29 bits per heavy atom. The molecule has 4 heteroatoms. The Bertz CT molecular complexity index is 382. The largest absolute Gasteiger partial charge is 0.481 e. The second-order valence-corrected chi connectivity index (χ2v) is 5.95. The molecule has 0 amide bonds. The maximum atomic E-state index is 11.2. The Kier molecular flexibility index (Phi) is 4.05. The van der Waals surface area contributed by atoms with Gasteiger partial charge in [0.1, 0.15) is 0 Å². The second kappa shape index (κ2) is 5.54. The van der Waals surface area contributed by atoms with Gasteiger partial charge in [0, 0.05) is 11.4 Å². The van der Waals surface area contributed by atoms with E-state index in [9.17, 15) is 9.90 Å². The summed E-state index contributed by atoms with van der Waals surface area (Å²) in [5, 5.41) is 10.3. The molecule has 3 atom stereocenters. The van der Waals surface area contributed by atoms with E-state index in [1.54, 1.807) is 18.0 Å². The number of thioether (sulfide) groups is 1. The Labute approximate surface area is 106 Å². The Morgan fingerprint density at radius 3 is 2.94 bits per heavy atom. The van der Waals surface area contributed by atoms with Crippen molar-refractivity contribution in [1.29, 1.82) is 0 Å². The summed E-state index contributed by atoms with van der Waals surface area (Å²) < 4.78 is 0. The van der Waals surface area contributed by atoms with Crippen molar-refractivity contribution in [2.24, 2.45) is 11.8 Å². The highest BCUT2D eigenvalue weighted by Crippen LogP contribution is 2.39. The van der Waals surface area contributed by atoms with Gasteiger partial charge in [-0.05, 0) is 37.3 Å². The van der Waals surface area contributed by atoms with Crippen molar-refractivity contribution in [1.82, 2.24) is 4.98 Å². The van der Waals surface area contributed by atoms with Gasteiger partial charge in [-0.1, -0.05) is 13.0 Å². The van der Waals surface area contributed by atoms with Crippen LogP contribution >= 0.6 is 11.8 Å². The fourth-order valence-corrected chi connectivity index (χ4v) is 3.74. The van der Waals surface area contributed by atoms with Gasteiger partial charge in [-0.15, -0.1) is 11.8 Å². The smallest absolute Gasteiger partial charge is 0.307 e. The van der Waals surface area contributed by atoms with Gasteiger partial charge in [0.25, 0.3) is 0 Å². The number of carboxylic acids is 1. The average molecular weight is 251 g/mol. The van der Waals surface area contributed by atoms with Crippen molar-refractivity contribution in [2.75, 3.05) is 0 Å². The number of hydrogen-bond acceptors (Lipinski definition) is 3. The molecule has 0 saturated heterocycles. The van der Waals surface area contributed by atoms with Crippen molar-refractivity contribution in [3.8, 4) is 0 Å². The number of rotatable bonds is 3. The molecule has 3 unspecified atom stereocenters. The number of hydrogen-bond donors (Lipinski definition) is 1. The number of pyridine rings is 1. The van der Waals surface area contributed by atoms with E-state index >= 15 is 0 Å². The van der Waals surface area contributed by atoms with E-state index in [1.807, 2.05) is 18.2 Å². The standard InChI is InChI=1S/C13H17NO2S/c1-9-5-6-10(13(15)16)11(8-9)17-12-4-2-3-7-14-12/h2-4,7,9-11H,5-6,8H2,1H3,(H,15,16). The van der Waals surface area contributed by atoms with Gasteiger partial charge in [-0.2, -0.15) is 0 Å². The van der Waals surface area contributed by atoms with Crippen molar-refractivity contribution in [3.05, 3.63) is 24.4 Å². The second-order valence-electron chi connectivity index (χ2n) is 4.69. The van der Waals surface area contributed by atoms with Gasteiger partial charge < -0.3 is 5.11 Å². The monoisotopic (exact) mass is 251 g/mol. The zero-order chi connectivity index (χ0) is 12.3. The lowest BCUT2D eigenvalue weighted by Gasteiger charge is -2.31. The molecule has 1 saturated carbocycles. The number of carboxylic acid groups (broad SMARTS) is 1. The van der Waals surface area contributed by atoms with Gasteiger partial charge in [0.05, 0.1) is 10.9 Å². The molecule has 1 aliphatic carbocycles. The minimum atomic E-state index is -0.662. The predicted octanol–water partition coefficient (Wildman–Crippen LogP) is 3.06. The predicted molar refractivity (Wildman–Crippen MR) is 68.0 cm³/mol. The maximum absolute atomic E-state index is 11.2. The number of aliphatic carboxylic acids is 1. The van der Waals surface area contributed by atoms with Gasteiger partial charge in [0.2, 0.25) is 0 Å². The third-order valence-corrected chi connectivity index (χ3v) is 4.59. The minimum Gasteiger partial charge on any atom is -0.481 e. The summed E-state index contributed by atoms with van der Waals surface area (Å²) in [5.41, 5.74) is 0. The molecule has 1 aromatic heterocycles. The molecule has 0 radical (unpaired) electrons. The van der Waals surface area contributed by atoms with Gasteiger partial charge >= 0.3 is 5.97 Å². The molecular weight excluding hydrogens is 234 g/mol. The van der Waals surface area contributed by atoms with Crippen LogP contribution in [-0.2, 0) is 4.79 Å². The molecule has 92 valence electrons. The van der Waals surface area contributed by atoms with Crippen molar-refractivity contribution < 1.29 is 9.90 Å². The van der Waals surface area contributed by atoms with E-state index in [-0.39, 0.29) is 11.2 Å². The van der Waals surface area contributed by atoms with E-state index in [1.165, 1.54) is 0 Å². The first kappa shape index (κ1) is 12.4. The zero-order valence-electron chi connectivity index (χ0n) is 9.87. The van der Waals surface area contributed by atoms with Crippen LogP contribution in [0.15, 0.2) is 29.4 Å². The molecule has 1 N–H and O–H groups in total. The molecule has 17 heavy (non-hydrogen) atoms. The molecule has 1 fully saturated rings. The van der Waals surface area contributed by atoms with E-state index in [0.717, 1.165) is 24.3 Å². The van der Waals surface area contributed by atoms with Crippen LogP contribution in [0.1, 0.15) is 26.2 Å². The summed E-state index contributed by atoms with van der Waals surface area (Å²) in [6, 6.07) is 5.77. The first-order valence-electron chi connectivity index (χ1n) is 5.97. The van der Waals surface area contributed by atoms with E-state index in [4.69, 9.17) is 0 Å². The van der Waals surface area contributed by atoms with Crippen LogP contribution < -0.4 is 0 Å². The van der Waals surface area contributed by atoms with Crippen LogP contribution in [0.2, 0.25) is 0 Å². The molecule has 1 aliphatic rings. The summed E-state index contributed by atoms with van der Waals surface area (Å²) in [4.78, 5) is 15.5. The minimum absolute atomic E-state index is 0.158. The van der Waals surface area contributed by atoms with Gasteiger partial charge in [-0.25, -0.2) is 4.98 Å². The molecule has 3 nitrogen and oxygen atoms in total. The van der Waals surface area contributed by atoms with Gasteiger partial charge in [-0.3, -0.25) is 4.79 Å². The highest BCUT2D eigenvalue weighted by atomic mass is 32.2. The number of nitrogens with zero attached hydrogens (tertiary/aromatic N) is 1. The zero-order valence-corrected chi connectivity index (χ0v) is 10.7. The Morgan fingerprint density at radius 1 is 1.47 bits per heavy atom. The summed E-state index contributed by atoms with van der Waals surface area (Å²) in [5.74, 6) is -0.268. The molecule has 0 aliphatic heterocycles. The quantitative estimate of drug-likeness (QED) is 0.897. The average Bonchev–Trinajstić information content (AvgIpc) is 2.30. The fourth-order valence-electron chi connectivity index (χ4n) is 2.31. The Hall–Kier alpha value is -1.03. The van der Waals surface area contributed by atoms with Gasteiger partial charge in [0.15, 0.2) is 0 Å². The summed E-state index contributed by atoms with van der Waals surface area (Å²) >= 11 is 1.61. The van der Waals surface area contributed by atoms with Crippen molar-refractivity contribution >= 4 is 17.7 Å². The van der Waals surface area contributed by atoms with Crippen LogP contribution in [0.3, 0.4) is 0 Å². The summed E-state index contributed by atoms with van der Waals surface area (Å²) in [6.45, 7) is 2.20. The third-order valence-electron chi connectivity index (χ3n) is 3.28. The van der Waals surface area contributed by atoms with E-state index < -0.39 is 5.97 Å². The number of carbonyl (C=O) groups is 1. The molecule has 1 aromatic rings. The summed E-state index contributed by atoms with van der Waals surface area (Å²) in [6.07, 6.45) is 4.54. The maximum Gasteiger partial charge on any atom is 0.307 e. The fraction of sp³-hybridized carbons (Fsp3) is 0.538. The van der Waals surface area contributed by atoms with Crippen LogP contribution in [0.5, 0.6) is 0 Å². The SMILES string of the molecule is CC1CCC(C(=O)O)C(Sc2ccccn2)C1. The third kappa shape index (κ3) is 3.22. The van der Waals surface area contributed by atoms with E-state index in [2.05, 4.69) is 11.9 Å². The molecule has 2 rings (SSSR count). The molecule has 0 aromatic carbocycles. The number of aromatic nitrogens is 1. The molecule has 0 bridgehead atoms. The van der Waals surface area contributed by atoms with Crippen LogP contribution in [0.25, 0.3) is 0 Å². The van der Waals surface area contributed by atoms with Crippen LogP contribution in [-0.4, -0.2) is 21.3 Å². The molecule has 1 heterocycles. The summed E-state index contributed by atoms with van der Waals surface area (Å²) in [7, 11) is 0. The Balaban J connectivity index is 2.08. The lowest BCUT2D eigenvalue weighted by Crippen LogP contribution is -2.32. The van der Waals surface area contributed by atoms with Crippen molar-refractivity contribution in [3.63, 3.8) is 0 Å². The molecule has 0 spiro atoms. The normalized spacial score (nSPS) is 28.9. The lowest BCUT2D eigenvalue weighted by atomic mass is 9.82. The highest BCUT2D eigenvalue weighted by molar-refractivity contribution is 7.99. The lowest BCUT2D eigenvalue weighted by molar-refractivity contribution is -0.142. The van der Waals surface area contributed by atoms with Crippen LogP contribution in [0.4, 0.5) is 0 Å². The van der Waals surface area contributed by atoms with Crippen LogP contribution in [0, 0.1) is 11.8 Å². The highest BCUT2D eigenvalue weighted by Gasteiger charge is 2.34. The van der Waals surface area contributed by atoms with E-state index in [0.29, 0.717) is 5.92 Å². The first-order chi connectivity index (χ1) is 8.16. The topological polar surface area (TPSA) is 50.2 Å².